The predicted molar refractivity (Wildman–Crippen MR) is 145 cm³/mol. The van der Waals surface area contributed by atoms with Gasteiger partial charge >= 0.3 is 0 Å². The lowest BCUT2D eigenvalue weighted by atomic mass is 9.96. The molecular formula is C25H25Cl2N3O5S2. The molecule has 3 aromatic carbocycles. The Bertz CT molecular complexity index is 1540. The lowest BCUT2D eigenvalue weighted by Crippen LogP contribution is -2.34. The van der Waals surface area contributed by atoms with Gasteiger partial charge in [0.15, 0.2) is 9.84 Å². The number of hydrogen-bond donors (Lipinski definition) is 2. The van der Waals surface area contributed by atoms with Gasteiger partial charge in [-0.15, -0.1) is 0 Å². The van der Waals surface area contributed by atoms with E-state index in [2.05, 4.69) is 15.2 Å². The van der Waals surface area contributed by atoms with E-state index in [4.69, 9.17) is 27.9 Å². The van der Waals surface area contributed by atoms with Gasteiger partial charge < -0.3 is 10.2 Å². The monoisotopic (exact) mass is 581 g/mol. The predicted octanol–water partition coefficient (Wildman–Crippen LogP) is 4.91. The van der Waals surface area contributed by atoms with E-state index in [0.29, 0.717) is 29.3 Å². The van der Waals surface area contributed by atoms with Crippen LogP contribution in [0.5, 0.6) is 5.75 Å². The van der Waals surface area contributed by atoms with Crippen molar-refractivity contribution in [2.75, 3.05) is 12.9 Å². The molecule has 0 bridgehead atoms. The van der Waals surface area contributed by atoms with Crippen LogP contribution in [0, 0.1) is 0 Å². The summed E-state index contributed by atoms with van der Waals surface area (Å²) in [5.41, 5.74) is 4.91. The minimum Gasteiger partial charge on any atom is -0.494 e. The number of sulfonamides is 1. The summed E-state index contributed by atoms with van der Waals surface area (Å²) in [6.07, 6.45) is 1.33. The molecular weight excluding hydrogens is 557 g/mol. The molecule has 3 aromatic rings. The van der Waals surface area contributed by atoms with Crippen molar-refractivity contribution in [1.82, 2.24) is 10.1 Å². The zero-order chi connectivity index (χ0) is 26.8. The third kappa shape index (κ3) is 6.27. The largest absolute Gasteiger partial charge is 0.494 e. The maximum Gasteiger partial charge on any atom is 0.242 e. The van der Waals surface area contributed by atoms with Crippen molar-refractivity contribution in [2.24, 2.45) is 5.10 Å². The summed E-state index contributed by atoms with van der Waals surface area (Å²) in [5.74, 6) is 0.744. The first kappa shape index (κ1) is 27.4. The molecule has 1 aliphatic heterocycles. The summed E-state index contributed by atoms with van der Waals surface area (Å²) in [7, 11) is -8.14. The van der Waals surface area contributed by atoms with E-state index in [9.17, 15) is 16.8 Å². The zero-order valence-electron chi connectivity index (χ0n) is 20.0. The molecule has 0 aliphatic carbocycles. The van der Waals surface area contributed by atoms with Gasteiger partial charge in [0, 0.05) is 22.7 Å². The van der Waals surface area contributed by atoms with Crippen LogP contribution in [0.2, 0.25) is 10.0 Å². The Morgan fingerprint density at radius 2 is 1.70 bits per heavy atom. The molecule has 0 spiro atoms. The van der Waals surface area contributed by atoms with Crippen molar-refractivity contribution < 1.29 is 21.6 Å². The Kier molecular flexibility index (Phi) is 8.15. The highest BCUT2D eigenvalue weighted by Gasteiger charge is 2.34. The molecule has 4 rings (SSSR count). The van der Waals surface area contributed by atoms with Crippen LogP contribution in [-0.2, 0) is 19.9 Å². The van der Waals surface area contributed by atoms with Crippen LogP contribution in [0.1, 0.15) is 36.6 Å². The van der Waals surface area contributed by atoms with E-state index in [-0.39, 0.29) is 20.9 Å². The van der Waals surface area contributed by atoms with Crippen LogP contribution in [-0.4, -0.2) is 35.4 Å². The highest BCUT2D eigenvalue weighted by atomic mass is 35.5. The SMILES string of the molecule is CCOc1ccc(C2CC(C(NS(=O)(=O)c3ccccc3S(C)(=O)=O)c3ccc(Cl)cc3Cl)=NN2)cc1. The first-order valence-corrected chi connectivity index (χ1v) is 15.4. The number of ether oxygens (including phenoxy) is 1. The van der Waals surface area contributed by atoms with E-state index < -0.39 is 25.9 Å². The van der Waals surface area contributed by atoms with Crippen molar-refractivity contribution in [2.45, 2.75) is 35.2 Å². The number of nitrogens with one attached hydrogen (secondary N) is 2. The van der Waals surface area contributed by atoms with Crippen molar-refractivity contribution >= 4 is 48.8 Å². The van der Waals surface area contributed by atoms with E-state index in [0.717, 1.165) is 17.6 Å². The van der Waals surface area contributed by atoms with Gasteiger partial charge in [-0.3, -0.25) is 0 Å². The van der Waals surface area contributed by atoms with Gasteiger partial charge in [-0.05, 0) is 54.4 Å². The standard InChI is InChI=1S/C25H25Cl2N3O5S2/c1-3-35-18-11-8-16(9-12-18)21-15-22(29-28-21)25(19-13-10-17(26)14-20(19)27)30-37(33,34)24-7-5-4-6-23(24)36(2,31)32/h4-14,21,25,28,30H,3,15H2,1-2H3. The van der Waals surface area contributed by atoms with Gasteiger partial charge in [0.2, 0.25) is 10.0 Å². The zero-order valence-corrected chi connectivity index (χ0v) is 23.1. The van der Waals surface area contributed by atoms with Crippen molar-refractivity contribution in [1.29, 1.82) is 0 Å². The second kappa shape index (κ2) is 11.0. The normalized spacial score (nSPS) is 16.6. The van der Waals surface area contributed by atoms with Crippen LogP contribution in [0.15, 0.2) is 81.6 Å². The average molecular weight is 583 g/mol. The molecule has 12 heteroatoms. The van der Waals surface area contributed by atoms with E-state index in [1.807, 2.05) is 31.2 Å². The molecule has 0 saturated carbocycles. The third-order valence-electron chi connectivity index (χ3n) is 5.79. The van der Waals surface area contributed by atoms with Crippen LogP contribution in [0.25, 0.3) is 0 Å². The minimum atomic E-state index is -4.33. The van der Waals surface area contributed by atoms with Crippen LogP contribution < -0.4 is 14.9 Å². The average Bonchev–Trinajstić information content (AvgIpc) is 3.33. The quantitative estimate of drug-likeness (QED) is 0.371. The molecule has 2 atom stereocenters. The molecule has 0 amide bonds. The van der Waals surface area contributed by atoms with Crippen molar-refractivity contribution in [3.8, 4) is 5.75 Å². The molecule has 0 aromatic heterocycles. The molecule has 37 heavy (non-hydrogen) atoms. The summed E-state index contributed by atoms with van der Waals surface area (Å²) in [5, 5.41) is 5.07. The highest BCUT2D eigenvalue weighted by molar-refractivity contribution is 7.93. The summed E-state index contributed by atoms with van der Waals surface area (Å²) in [6, 6.07) is 16.5. The van der Waals surface area contributed by atoms with Gasteiger partial charge in [0.05, 0.1) is 29.3 Å². The number of hydrogen-bond acceptors (Lipinski definition) is 7. The summed E-state index contributed by atoms with van der Waals surface area (Å²) in [6.45, 7) is 2.46. The number of rotatable bonds is 9. The van der Waals surface area contributed by atoms with Gasteiger partial charge in [-0.25, -0.2) is 16.8 Å². The molecule has 0 saturated heterocycles. The first-order chi connectivity index (χ1) is 17.5. The topological polar surface area (TPSA) is 114 Å². The number of sulfone groups is 1. The van der Waals surface area contributed by atoms with Crippen LogP contribution >= 0.6 is 23.2 Å². The lowest BCUT2D eigenvalue weighted by Gasteiger charge is -2.21. The maximum absolute atomic E-state index is 13.5. The Morgan fingerprint density at radius 1 is 1.03 bits per heavy atom. The molecule has 0 fully saturated rings. The van der Waals surface area contributed by atoms with E-state index in [1.165, 1.54) is 30.3 Å². The van der Waals surface area contributed by atoms with Gasteiger partial charge in [0.25, 0.3) is 0 Å². The number of hydrazone groups is 1. The van der Waals surface area contributed by atoms with Crippen molar-refractivity contribution in [3.05, 3.63) is 87.9 Å². The van der Waals surface area contributed by atoms with Gasteiger partial charge in [-0.1, -0.05) is 53.5 Å². The molecule has 0 radical (unpaired) electrons. The number of benzene rings is 3. The molecule has 1 aliphatic rings. The Balaban J connectivity index is 1.69. The lowest BCUT2D eigenvalue weighted by molar-refractivity contribution is 0.340. The van der Waals surface area contributed by atoms with Crippen molar-refractivity contribution in [3.63, 3.8) is 0 Å². The fraction of sp³-hybridized carbons (Fsp3) is 0.240. The fourth-order valence-corrected chi connectivity index (χ4v) is 7.39. The van der Waals surface area contributed by atoms with Crippen LogP contribution in [0.4, 0.5) is 0 Å². The molecule has 196 valence electrons. The van der Waals surface area contributed by atoms with Gasteiger partial charge in [0.1, 0.15) is 10.6 Å². The first-order valence-electron chi connectivity index (χ1n) is 11.3. The molecule has 1 heterocycles. The smallest absolute Gasteiger partial charge is 0.242 e. The summed E-state index contributed by atoms with van der Waals surface area (Å²) >= 11 is 12.6. The van der Waals surface area contributed by atoms with E-state index >= 15 is 0 Å². The number of halogens is 2. The second-order valence-corrected chi connectivity index (χ2v) is 12.9. The minimum absolute atomic E-state index is 0.216. The Hall–Kier alpha value is -2.63. The maximum atomic E-state index is 13.5. The highest BCUT2D eigenvalue weighted by Crippen LogP contribution is 2.34. The molecule has 2 unspecified atom stereocenters. The summed E-state index contributed by atoms with van der Waals surface area (Å²) in [4.78, 5) is -0.663. The van der Waals surface area contributed by atoms with E-state index in [1.54, 1.807) is 12.1 Å². The third-order valence-corrected chi connectivity index (χ3v) is 9.12. The fourth-order valence-electron chi connectivity index (χ4n) is 4.04. The Morgan fingerprint density at radius 3 is 2.32 bits per heavy atom. The summed E-state index contributed by atoms with van der Waals surface area (Å²) < 4.78 is 59.8. The molecule has 8 nitrogen and oxygen atoms in total. The van der Waals surface area contributed by atoms with Crippen LogP contribution in [0.3, 0.4) is 0 Å². The Labute approximate surface area is 226 Å². The van der Waals surface area contributed by atoms with Gasteiger partial charge in [-0.2, -0.15) is 9.82 Å². The second-order valence-electron chi connectivity index (χ2n) is 8.43. The number of nitrogens with zero attached hydrogens (tertiary/aromatic N) is 1. The molecule has 2 N–H and O–H groups in total.